The largest absolute Gasteiger partial charge is 0.394 e. The summed E-state index contributed by atoms with van der Waals surface area (Å²) in [5.41, 5.74) is 0. The summed E-state index contributed by atoms with van der Waals surface area (Å²) in [5.74, 6) is 5.55. The number of hydrogen-bond donors (Lipinski definition) is 2. The van der Waals surface area contributed by atoms with Crippen LogP contribution in [-0.4, -0.2) is 42.5 Å². The zero-order chi connectivity index (χ0) is 8.10. The van der Waals surface area contributed by atoms with Gasteiger partial charge in [-0.2, -0.15) is 0 Å². The highest BCUT2D eigenvalue weighted by atomic mass is 16.5. The number of hydrogen-bond acceptors (Lipinski definition) is 4. The second-order valence-corrected chi connectivity index (χ2v) is 2.83. The third-order valence-electron chi connectivity index (χ3n) is 1.92. The molecule has 0 aromatic rings. The molecule has 66 valence electrons. The minimum absolute atomic E-state index is 0.114. The summed E-state index contributed by atoms with van der Waals surface area (Å²) in [6, 6.07) is 0. The van der Waals surface area contributed by atoms with Crippen LogP contribution in [0.25, 0.3) is 0 Å². The van der Waals surface area contributed by atoms with Gasteiger partial charge in [0.15, 0.2) is 0 Å². The van der Waals surface area contributed by atoms with Crippen LogP contribution in [0.5, 0.6) is 0 Å². The molecule has 1 heterocycles. The Bertz CT molecular complexity index is 99.9. The van der Waals surface area contributed by atoms with Gasteiger partial charge in [0.1, 0.15) is 0 Å². The molecule has 0 saturated carbocycles. The average Bonchev–Trinajstić information content (AvgIpc) is 2.04. The molecule has 0 aromatic carbocycles. The third kappa shape index (κ3) is 3.16. The molecular formula is C7H16N2O2. The van der Waals surface area contributed by atoms with Crippen molar-refractivity contribution in [1.82, 2.24) is 5.01 Å². The highest BCUT2D eigenvalue weighted by Crippen LogP contribution is 2.10. The lowest BCUT2D eigenvalue weighted by Gasteiger charge is -2.28. The van der Waals surface area contributed by atoms with E-state index in [1.807, 2.05) is 0 Å². The van der Waals surface area contributed by atoms with Crippen LogP contribution < -0.4 is 5.84 Å². The van der Waals surface area contributed by atoms with Crippen LogP contribution in [0, 0.1) is 0 Å². The van der Waals surface area contributed by atoms with Gasteiger partial charge in [0.2, 0.25) is 0 Å². The van der Waals surface area contributed by atoms with Crippen molar-refractivity contribution in [3.8, 4) is 0 Å². The summed E-state index contributed by atoms with van der Waals surface area (Å²) in [7, 11) is 0. The molecule has 0 unspecified atom stereocenters. The molecule has 1 rings (SSSR count). The lowest BCUT2D eigenvalue weighted by Crippen LogP contribution is -2.41. The van der Waals surface area contributed by atoms with Gasteiger partial charge in [0, 0.05) is 13.1 Å². The molecule has 0 radical (unpaired) electrons. The minimum atomic E-state index is 0.114. The van der Waals surface area contributed by atoms with Gasteiger partial charge in [-0.25, -0.2) is 5.01 Å². The van der Waals surface area contributed by atoms with Gasteiger partial charge >= 0.3 is 0 Å². The van der Waals surface area contributed by atoms with E-state index in [-0.39, 0.29) is 6.61 Å². The average molecular weight is 160 g/mol. The lowest BCUT2D eigenvalue weighted by molar-refractivity contribution is -0.00784. The molecule has 4 heteroatoms. The molecule has 1 aliphatic heterocycles. The van der Waals surface area contributed by atoms with Crippen LogP contribution in [0.3, 0.4) is 0 Å². The first-order valence-corrected chi connectivity index (χ1v) is 4.05. The Morgan fingerprint density at radius 2 is 2.09 bits per heavy atom. The summed E-state index contributed by atoms with van der Waals surface area (Å²) in [6.07, 6.45) is 2.27. The molecular weight excluding hydrogens is 144 g/mol. The first-order chi connectivity index (χ1) is 5.33. The summed E-state index contributed by atoms with van der Waals surface area (Å²) >= 11 is 0. The molecule has 3 N–H and O–H groups in total. The molecule has 1 aliphatic rings. The second-order valence-electron chi connectivity index (χ2n) is 2.83. The highest BCUT2D eigenvalue weighted by Gasteiger charge is 2.16. The molecule has 4 nitrogen and oxygen atoms in total. The van der Waals surface area contributed by atoms with E-state index in [1.54, 1.807) is 5.01 Å². The number of aliphatic hydroxyl groups excluding tert-OH is 1. The van der Waals surface area contributed by atoms with E-state index >= 15 is 0 Å². The molecule has 1 fully saturated rings. The molecule has 0 spiro atoms. The number of nitrogens with zero attached hydrogens (tertiary/aromatic N) is 1. The van der Waals surface area contributed by atoms with E-state index in [2.05, 4.69) is 0 Å². The van der Waals surface area contributed by atoms with Gasteiger partial charge in [-0.05, 0) is 12.8 Å². The predicted molar refractivity (Wildman–Crippen MR) is 41.8 cm³/mol. The van der Waals surface area contributed by atoms with Gasteiger partial charge in [-0.15, -0.1) is 0 Å². The minimum Gasteiger partial charge on any atom is -0.394 e. The molecule has 0 aromatic heterocycles. The van der Waals surface area contributed by atoms with E-state index in [0.29, 0.717) is 12.7 Å². The van der Waals surface area contributed by atoms with Crippen LogP contribution in [0.15, 0.2) is 0 Å². The number of rotatable bonds is 3. The Labute approximate surface area is 66.9 Å². The van der Waals surface area contributed by atoms with Crippen molar-refractivity contribution >= 4 is 0 Å². The lowest BCUT2D eigenvalue weighted by atomic mass is 10.1. The SMILES string of the molecule is NN1CCC(OCCO)CC1. The maximum atomic E-state index is 8.49. The monoisotopic (exact) mass is 160 g/mol. The summed E-state index contributed by atoms with van der Waals surface area (Å²) in [5, 5.41) is 10.3. The van der Waals surface area contributed by atoms with Crippen LogP contribution in [0.2, 0.25) is 0 Å². The summed E-state index contributed by atoms with van der Waals surface area (Å²) in [6.45, 7) is 2.37. The number of aliphatic hydroxyl groups is 1. The van der Waals surface area contributed by atoms with Crippen LogP contribution in [0.4, 0.5) is 0 Å². The van der Waals surface area contributed by atoms with E-state index in [4.69, 9.17) is 15.7 Å². The van der Waals surface area contributed by atoms with Crippen LogP contribution >= 0.6 is 0 Å². The van der Waals surface area contributed by atoms with Crippen molar-refractivity contribution in [3.63, 3.8) is 0 Å². The second kappa shape index (κ2) is 4.66. The van der Waals surface area contributed by atoms with Crippen molar-refractivity contribution in [2.24, 2.45) is 5.84 Å². The van der Waals surface area contributed by atoms with Gasteiger partial charge in [-0.1, -0.05) is 0 Å². The first kappa shape index (κ1) is 8.93. The third-order valence-corrected chi connectivity index (χ3v) is 1.92. The Hall–Kier alpha value is -0.160. The first-order valence-electron chi connectivity index (χ1n) is 4.05. The van der Waals surface area contributed by atoms with E-state index in [0.717, 1.165) is 25.9 Å². The molecule has 0 atom stereocenters. The fourth-order valence-corrected chi connectivity index (χ4v) is 1.26. The maximum absolute atomic E-state index is 8.49. The predicted octanol–water partition coefficient (Wildman–Crippen LogP) is -0.667. The number of ether oxygens (including phenoxy) is 1. The van der Waals surface area contributed by atoms with E-state index in [1.165, 1.54) is 0 Å². The zero-order valence-electron chi connectivity index (χ0n) is 6.70. The quantitative estimate of drug-likeness (QED) is 0.538. The van der Waals surface area contributed by atoms with Crippen molar-refractivity contribution in [3.05, 3.63) is 0 Å². The van der Waals surface area contributed by atoms with E-state index < -0.39 is 0 Å². The fraction of sp³-hybridized carbons (Fsp3) is 1.00. The maximum Gasteiger partial charge on any atom is 0.0701 e. The van der Waals surface area contributed by atoms with Crippen molar-refractivity contribution in [1.29, 1.82) is 0 Å². The number of hydrazine groups is 1. The van der Waals surface area contributed by atoms with Gasteiger partial charge < -0.3 is 9.84 Å². The van der Waals surface area contributed by atoms with Crippen molar-refractivity contribution < 1.29 is 9.84 Å². The molecule has 11 heavy (non-hydrogen) atoms. The van der Waals surface area contributed by atoms with Gasteiger partial charge in [0.05, 0.1) is 19.3 Å². The molecule has 0 amide bonds. The number of nitrogens with two attached hydrogens (primary N) is 1. The Balaban J connectivity index is 2.07. The van der Waals surface area contributed by atoms with E-state index in [9.17, 15) is 0 Å². The Morgan fingerprint density at radius 1 is 1.45 bits per heavy atom. The summed E-state index contributed by atoms with van der Waals surface area (Å²) < 4.78 is 5.35. The standard InChI is InChI=1S/C7H16N2O2/c8-9-3-1-7(2-4-9)11-6-5-10/h7,10H,1-6,8H2. The molecule has 0 bridgehead atoms. The topological polar surface area (TPSA) is 58.7 Å². The van der Waals surface area contributed by atoms with Gasteiger partial charge in [-0.3, -0.25) is 5.84 Å². The normalized spacial score (nSPS) is 22.4. The molecule has 0 aliphatic carbocycles. The van der Waals surface area contributed by atoms with Crippen molar-refractivity contribution in [2.75, 3.05) is 26.3 Å². The zero-order valence-corrected chi connectivity index (χ0v) is 6.70. The van der Waals surface area contributed by atoms with Crippen LogP contribution in [-0.2, 0) is 4.74 Å². The Kier molecular flexibility index (Phi) is 3.79. The fourth-order valence-electron chi connectivity index (χ4n) is 1.26. The van der Waals surface area contributed by atoms with Crippen LogP contribution in [0.1, 0.15) is 12.8 Å². The smallest absolute Gasteiger partial charge is 0.0701 e. The Morgan fingerprint density at radius 3 is 2.64 bits per heavy atom. The number of piperidine rings is 1. The molecule has 1 saturated heterocycles. The summed E-state index contributed by atoms with van der Waals surface area (Å²) in [4.78, 5) is 0. The highest BCUT2D eigenvalue weighted by molar-refractivity contribution is 4.68. The van der Waals surface area contributed by atoms with Gasteiger partial charge in [0.25, 0.3) is 0 Å². The van der Waals surface area contributed by atoms with Crippen molar-refractivity contribution in [2.45, 2.75) is 18.9 Å².